The van der Waals surface area contributed by atoms with Crippen molar-refractivity contribution in [2.75, 3.05) is 0 Å². The van der Waals surface area contributed by atoms with Gasteiger partial charge >= 0.3 is 0 Å². The van der Waals surface area contributed by atoms with Crippen molar-refractivity contribution in [3.8, 4) is 0 Å². The molecule has 17 heavy (non-hydrogen) atoms. The van der Waals surface area contributed by atoms with E-state index in [1.54, 1.807) is 0 Å². The summed E-state index contributed by atoms with van der Waals surface area (Å²) in [6.07, 6.45) is 6.09. The van der Waals surface area contributed by atoms with Crippen molar-refractivity contribution in [3.63, 3.8) is 0 Å². The Hall–Kier alpha value is -1.36. The third-order valence-electron chi connectivity index (χ3n) is 2.94. The van der Waals surface area contributed by atoms with Gasteiger partial charge in [-0.1, -0.05) is 0 Å². The van der Waals surface area contributed by atoms with Crippen LogP contribution in [-0.4, -0.2) is 27.8 Å². The van der Waals surface area contributed by atoms with Crippen LogP contribution in [0.5, 0.6) is 0 Å². The highest BCUT2D eigenvalue weighted by Gasteiger charge is 2.25. The first-order valence-corrected chi connectivity index (χ1v) is 6.24. The van der Waals surface area contributed by atoms with Crippen molar-refractivity contribution in [3.05, 3.63) is 18.0 Å². The number of rotatable bonds is 6. The Balaban J connectivity index is 1.74. The number of carbonyl (C=O) groups is 1. The van der Waals surface area contributed by atoms with Gasteiger partial charge in [-0.25, -0.2) is 0 Å². The molecule has 2 rings (SSSR count). The van der Waals surface area contributed by atoms with Crippen molar-refractivity contribution in [1.82, 2.24) is 20.4 Å². The van der Waals surface area contributed by atoms with Crippen molar-refractivity contribution in [2.45, 2.75) is 51.9 Å². The molecule has 1 atom stereocenters. The minimum absolute atomic E-state index is 0.0929. The van der Waals surface area contributed by atoms with Gasteiger partial charge in [0.1, 0.15) is 0 Å². The number of hydrogen-bond donors (Lipinski definition) is 2. The summed E-state index contributed by atoms with van der Waals surface area (Å²) in [7, 11) is 0. The Bertz CT molecular complexity index is 384. The molecule has 1 saturated carbocycles. The molecule has 1 aliphatic carbocycles. The summed E-state index contributed by atoms with van der Waals surface area (Å²) in [6.45, 7) is 5.49. The second-order valence-electron chi connectivity index (χ2n) is 4.59. The van der Waals surface area contributed by atoms with E-state index < -0.39 is 0 Å². The van der Waals surface area contributed by atoms with Gasteiger partial charge in [-0.15, -0.1) is 0 Å². The Morgan fingerprint density at radius 2 is 2.41 bits per heavy atom. The van der Waals surface area contributed by atoms with Gasteiger partial charge in [0.25, 0.3) is 0 Å². The van der Waals surface area contributed by atoms with Gasteiger partial charge < -0.3 is 10.6 Å². The van der Waals surface area contributed by atoms with E-state index in [-0.39, 0.29) is 11.9 Å². The van der Waals surface area contributed by atoms with E-state index in [9.17, 15) is 4.79 Å². The van der Waals surface area contributed by atoms with Crippen LogP contribution in [0, 0.1) is 0 Å². The third kappa shape index (κ3) is 3.56. The van der Waals surface area contributed by atoms with Crippen LogP contribution in [0.4, 0.5) is 0 Å². The zero-order chi connectivity index (χ0) is 12.3. The zero-order valence-electron chi connectivity index (χ0n) is 10.4. The summed E-state index contributed by atoms with van der Waals surface area (Å²) < 4.78 is 1.88. The van der Waals surface area contributed by atoms with Crippen LogP contribution in [-0.2, 0) is 17.9 Å². The maximum Gasteiger partial charge on any atom is 0.237 e. The lowest BCUT2D eigenvalue weighted by molar-refractivity contribution is -0.122. The number of nitrogens with one attached hydrogen (secondary N) is 2. The first-order valence-electron chi connectivity index (χ1n) is 6.24. The number of aryl methyl sites for hydroxylation is 1. The van der Waals surface area contributed by atoms with Gasteiger partial charge in [-0.2, -0.15) is 5.10 Å². The fourth-order valence-electron chi connectivity index (χ4n) is 1.59. The smallest absolute Gasteiger partial charge is 0.237 e. The molecule has 0 aromatic carbocycles. The summed E-state index contributed by atoms with van der Waals surface area (Å²) in [5.41, 5.74) is 1.11. The molecule has 0 saturated heterocycles. The molecule has 1 aromatic heterocycles. The molecular formula is C12H20N4O. The van der Waals surface area contributed by atoms with Crippen molar-refractivity contribution < 1.29 is 4.79 Å². The Kier molecular flexibility index (Phi) is 3.78. The molecule has 1 unspecified atom stereocenters. The van der Waals surface area contributed by atoms with E-state index in [4.69, 9.17) is 0 Å². The molecule has 0 bridgehead atoms. The molecule has 0 radical (unpaired) electrons. The normalized spacial score (nSPS) is 16.8. The van der Waals surface area contributed by atoms with Crippen LogP contribution in [0.2, 0.25) is 0 Å². The number of aromatic nitrogens is 2. The molecule has 1 heterocycles. The van der Waals surface area contributed by atoms with Gasteiger partial charge in [0.15, 0.2) is 0 Å². The second kappa shape index (κ2) is 5.31. The van der Waals surface area contributed by atoms with Crippen LogP contribution >= 0.6 is 0 Å². The van der Waals surface area contributed by atoms with E-state index in [0.29, 0.717) is 12.6 Å². The standard InChI is InChI=1S/C12H20N4O/c1-3-16-8-10(7-14-16)6-13-9(2)12(17)15-11-4-5-11/h7-9,11,13H,3-6H2,1-2H3,(H,15,17). The van der Waals surface area contributed by atoms with Gasteiger partial charge in [0, 0.05) is 30.9 Å². The fraction of sp³-hybridized carbons (Fsp3) is 0.667. The first kappa shape index (κ1) is 12.1. The molecule has 94 valence electrons. The summed E-state index contributed by atoms with van der Waals surface area (Å²) in [6, 6.07) is 0.273. The zero-order valence-corrected chi connectivity index (χ0v) is 10.4. The Morgan fingerprint density at radius 1 is 1.65 bits per heavy atom. The average molecular weight is 236 g/mol. The fourth-order valence-corrected chi connectivity index (χ4v) is 1.59. The van der Waals surface area contributed by atoms with Crippen LogP contribution < -0.4 is 10.6 Å². The number of nitrogens with zero attached hydrogens (tertiary/aromatic N) is 2. The van der Waals surface area contributed by atoms with Gasteiger partial charge in [0.2, 0.25) is 5.91 Å². The van der Waals surface area contributed by atoms with Gasteiger partial charge in [-0.05, 0) is 26.7 Å². The van der Waals surface area contributed by atoms with Crippen LogP contribution in [0.25, 0.3) is 0 Å². The SMILES string of the molecule is CCn1cc(CNC(C)C(=O)NC2CC2)cn1. The quantitative estimate of drug-likeness (QED) is 0.763. The lowest BCUT2D eigenvalue weighted by Crippen LogP contribution is -2.42. The van der Waals surface area contributed by atoms with Gasteiger partial charge in [-0.3, -0.25) is 9.48 Å². The molecule has 1 aromatic rings. The van der Waals surface area contributed by atoms with E-state index in [2.05, 4.69) is 22.7 Å². The predicted molar refractivity (Wildman–Crippen MR) is 65.4 cm³/mol. The van der Waals surface area contributed by atoms with E-state index >= 15 is 0 Å². The molecule has 2 N–H and O–H groups in total. The number of carbonyl (C=O) groups excluding carboxylic acids is 1. The van der Waals surface area contributed by atoms with Crippen molar-refractivity contribution in [1.29, 1.82) is 0 Å². The maximum atomic E-state index is 11.7. The van der Waals surface area contributed by atoms with E-state index in [1.165, 1.54) is 0 Å². The summed E-state index contributed by atoms with van der Waals surface area (Å²) >= 11 is 0. The van der Waals surface area contributed by atoms with Crippen LogP contribution in [0.3, 0.4) is 0 Å². The Labute approximate surface area is 102 Å². The first-order chi connectivity index (χ1) is 8.19. The molecule has 1 amide bonds. The lowest BCUT2D eigenvalue weighted by Gasteiger charge is -2.12. The molecule has 0 spiro atoms. The molecule has 5 heteroatoms. The molecule has 1 aliphatic rings. The minimum atomic E-state index is -0.152. The van der Waals surface area contributed by atoms with Crippen LogP contribution in [0.1, 0.15) is 32.3 Å². The minimum Gasteiger partial charge on any atom is -0.352 e. The van der Waals surface area contributed by atoms with Crippen molar-refractivity contribution >= 4 is 5.91 Å². The van der Waals surface area contributed by atoms with Crippen molar-refractivity contribution in [2.24, 2.45) is 0 Å². The highest BCUT2D eigenvalue weighted by Crippen LogP contribution is 2.18. The largest absolute Gasteiger partial charge is 0.352 e. The average Bonchev–Trinajstić information content (AvgIpc) is 3.02. The van der Waals surface area contributed by atoms with E-state index in [1.807, 2.05) is 24.0 Å². The second-order valence-corrected chi connectivity index (χ2v) is 4.59. The molecular weight excluding hydrogens is 216 g/mol. The summed E-state index contributed by atoms with van der Waals surface area (Å²) in [5, 5.41) is 10.4. The molecule has 0 aliphatic heterocycles. The molecule has 1 fully saturated rings. The summed E-state index contributed by atoms with van der Waals surface area (Å²) in [4.78, 5) is 11.7. The molecule has 5 nitrogen and oxygen atoms in total. The monoisotopic (exact) mass is 236 g/mol. The van der Waals surface area contributed by atoms with E-state index in [0.717, 1.165) is 24.9 Å². The maximum absolute atomic E-state index is 11.7. The highest BCUT2D eigenvalue weighted by atomic mass is 16.2. The summed E-state index contributed by atoms with van der Waals surface area (Å²) in [5.74, 6) is 0.0929. The van der Waals surface area contributed by atoms with Gasteiger partial charge in [0.05, 0.1) is 12.2 Å². The lowest BCUT2D eigenvalue weighted by atomic mass is 10.2. The Morgan fingerprint density at radius 3 is 3.00 bits per heavy atom. The number of hydrogen-bond acceptors (Lipinski definition) is 3. The predicted octanol–water partition coefficient (Wildman–Crippen LogP) is 0.660. The number of amides is 1. The topological polar surface area (TPSA) is 59.0 Å². The highest BCUT2D eigenvalue weighted by molar-refractivity contribution is 5.81. The van der Waals surface area contributed by atoms with Crippen LogP contribution in [0.15, 0.2) is 12.4 Å². The third-order valence-corrected chi connectivity index (χ3v) is 2.94.